The summed E-state index contributed by atoms with van der Waals surface area (Å²) in [5.41, 5.74) is 12.0. The third kappa shape index (κ3) is 4.03. The summed E-state index contributed by atoms with van der Waals surface area (Å²) in [4.78, 5) is 10.7. The molecule has 0 radical (unpaired) electrons. The van der Waals surface area contributed by atoms with Crippen molar-refractivity contribution < 1.29 is 9.90 Å². The molecule has 0 fully saturated rings. The number of rotatable bonds is 5. The molecule has 5 N–H and O–H groups in total. The summed E-state index contributed by atoms with van der Waals surface area (Å²) in [6.45, 7) is 5.46. The highest BCUT2D eigenvalue weighted by Crippen LogP contribution is 2.13. The van der Waals surface area contributed by atoms with Crippen molar-refractivity contribution in [3.8, 4) is 12.3 Å². The van der Waals surface area contributed by atoms with Crippen LogP contribution in [0.2, 0.25) is 0 Å². The van der Waals surface area contributed by atoms with Gasteiger partial charge in [-0.2, -0.15) is 0 Å². The van der Waals surface area contributed by atoms with Crippen LogP contribution < -0.4 is 11.5 Å². The first-order valence-electron chi connectivity index (χ1n) is 4.67. The standard InChI is InChI=1S/C12H16N2O2/c1-4-9(13)7-6-8(3)10(5-2)11(14)12(15)16/h2,4,6-7,10-11H,3,13-14H2,1H3,(H,15,16)/b7-6-,9-4+/t10-,11-/m0/s1. The zero-order chi connectivity index (χ0) is 12.7. The van der Waals surface area contributed by atoms with Crippen molar-refractivity contribution in [3.05, 3.63) is 36.1 Å². The molecule has 86 valence electrons. The highest BCUT2D eigenvalue weighted by atomic mass is 16.4. The SMILES string of the molecule is C#C[C@@H](C(=C)/C=C\C(N)=C/C)[C@H](N)C(=O)O. The Morgan fingerprint density at radius 2 is 2.12 bits per heavy atom. The Morgan fingerprint density at radius 1 is 1.56 bits per heavy atom. The van der Waals surface area contributed by atoms with Crippen LogP contribution in [0.25, 0.3) is 0 Å². The second-order valence-electron chi connectivity index (χ2n) is 3.21. The molecular formula is C12H16N2O2. The van der Waals surface area contributed by atoms with Crippen LogP contribution in [0.1, 0.15) is 6.92 Å². The monoisotopic (exact) mass is 220 g/mol. The first-order chi connectivity index (χ1) is 7.43. The maximum absolute atomic E-state index is 10.7. The van der Waals surface area contributed by atoms with Crippen molar-refractivity contribution >= 4 is 5.97 Å². The van der Waals surface area contributed by atoms with Crippen LogP contribution in [-0.2, 0) is 4.79 Å². The van der Waals surface area contributed by atoms with Gasteiger partial charge in [-0.05, 0) is 18.6 Å². The van der Waals surface area contributed by atoms with Gasteiger partial charge in [0, 0.05) is 5.70 Å². The lowest BCUT2D eigenvalue weighted by atomic mass is 9.93. The summed E-state index contributed by atoms with van der Waals surface area (Å²) in [6, 6.07) is -1.16. The predicted octanol–water partition coefficient (Wildman–Crippen LogP) is 0.623. The summed E-state index contributed by atoms with van der Waals surface area (Å²) in [5, 5.41) is 8.73. The van der Waals surface area contributed by atoms with Gasteiger partial charge in [-0.25, -0.2) is 0 Å². The van der Waals surface area contributed by atoms with E-state index in [1.165, 1.54) is 0 Å². The fourth-order valence-electron chi connectivity index (χ4n) is 0.987. The van der Waals surface area contributed by atoms with Gasteiger partial charge in [0.05, 0.1) is 5.92 Å². The fourth-order valence-corrected chi connectivity index (χ4v) is 0.987. The van der Waals surface area contributed by atoms with E-state index in [0.29, 0.717) is 11.3 Å². The number of carboxylic acid groups (broad SMARTS) is 1. The minimum atomic E-state index is -1.16. The number of carbonyl (C=O) groups is 1. The van der Waals surface area contributed by atoms with Crippen LogP contribution in [0.5, 0.6) is 0 Å². The summed E-state index contributed by atoms with van der Waals surface area (Å²) < 4.78 is 0. The van der Waals surface area contributed by atoms with E-state index in [2.05, 4.69) is 12.5 Å². The molecule has 0 unspecified atom stereocenters. The van der Waals surface area contributed by atoms with Crippen molar-refractivity contribution in [2.45, 2.75) is 13.0 Å². The number of nitrogens with two attached hydrogens (primary N) is 2. The van der Waals surface area contributed by atoms with E-state index in [1.54, 1.807) is 25.2 Å². The molecule has 0 bridgehead atoms. The molecule has 0 rings (SSSR count). The molecular weight excluding hydrogens is 204 g/mol. The lowest BCUT2D eigenvalue weighted by Crippen LogP contribution is -2.37. The number of terminal acetylenes is 1. The van der Waals surface area contributed by atoms with Gasteiger partial charge in [0.2, 0.25) is 0 Å². The minimum absolute atomic E-state index is 0.446. The molecule has 0 saturated heterocycles. The molecule has 0 aliphatic carbocycles. The predicted molar refractivity (Wildman–Crippen MR) is 64.2 cm³/mol. The van der Waals surface area contributed by atoms with Crippen LogP contribution in [0.15, 0.2) is 36.1 Å². The van der Waals surface area contributed by atoms with Gasteiger partial charge in [0.25, 0.3) is 0 Å². The number of allylic oxidation sites excluding steroid dienone is 3. The Bertz CT molecular complexity index is 375. The van der Waals surface area contributed by atoms with E-state index < -0.39 is 17.9 Å². The van der Waals surface area contributed by atoms with Gasteiger partial charge in [-0.3, -0.25) is 4.79 Å². The molecule has 0 aliphatic rings. The van der Waals surface area contributed by atoms with E-state index in [1.807, 2.05) is 0 Å². The Balaban J connectivity index is 4.76. The highest BCUT2D eigenvalue weighted by Gasteiger charge is 2.23. The quantitative estimate of drug-likeness (QED) is 0.468. The first kappa shape index (κ1) is 14.0. The van der Waals surface area contributed by atoms with Gasteiger partial charge >= 0.3 is 5.97 Å². The van der Waals surface area contributed by atoms with Crippen molar-refractivity contribution in [2.24, 2.45) is 17.4 Å². The maximum Gasteiger partial charge on any atom is 0.322 e. The minimum Gasteiger partial charge on any atom is -0.480 e. The van der Waals surface area contributed by atoms with Gasteiger partial charge < -0.3 is 16.6 Å². The number of hydrogen-bond acceptors (Lipinski definition) is 3. The number of aliphatic carboxylic acids is 1. The average Bonchev–Trinajstić information content (AvgIpc) is 2.26. The van der Waals surface area contributed by atoms with E-state index >= 15 is 0 Å². The molecule has 0 amide bonds. The van der Waals surface area contributed by atoms with Crippen LogP contribution >= 0.6 is 0 Å². The van der Waals surface area contributed by atoms with Crippen LogP contribution in [-0.4, -0.2) is 17.1 Å². The second-order valence-corrected chi connectivity index (χ2v) is 3.21. The second kappa shape index (κ2) is 6.49. The largest absolute Gasteiger partial charge is 0.480 e. The van der Waals surface area contributed by atoms with Crippen molar-refractivity contribution in [3.63, 3.8) is 0 Å². The average molecular weight is 220 g/mol. The number of carboxylic acids is 1. The van der Waals surface area contributed by atoms with E-state index in [-0.39, 0.29) is 0 Å². The third-order valence-corrected chi connectivity index (χ3v) is 2.05. The fraction of sp³-hybridized carbons (Fsp3) is 0.250. The normalized spacial score (nSPS) is 15.4. The van der Waals surface area contributed by atoms with Crippen LogP contribution in [0.4, 0.5) is 0 Å². The summed E-state index contributed by atoms with van der Waals surface area (Å²) >= 11 is 0. The Kier molecular flexibility index (Phi) is 5.68. The molecule has 0 aromatic rings. The summed E-state index contributed by atoms with van der Waals surface area (Å²) in [5.74, 6) is 0.414. The van der Waals surface area contributed by atoms with Gasteiger partial charge in [-0.15, -0.1) is 6.42 Å². The summed E-state index contributed by atoms with van der Waals surface area (Å²) in [6.07, 6.45) is 10.1. The topological polar surface area (TPSA) is 89.3 Å². The van der Waals surface area contributed by atoms with E-state index in [4.69, 9.17) is 23.0 Å². The Labute approximate surface area is 95.3 Å². The van der Waals surface area contributed by atoms with Gasteiger partial charge in [0.15, 0.2) is 0 Å². The zero-order valence-corrected chi connectivity index (χ0v) is 9.18. The van der Waals surface area contributed by atoms with Crippen LogP contribution in [0.3, 0.4) is 0 Å². The summed E-state index contributed by atoms with van der Waals surface area (Å²) in [7, 11) is 0. The van der Waals surface area contributed by atoms with Crippen molar-refractivity contribution in [1.29, 1.82) is 0 Å². The van der Waals surface area contributed by atoms with Crippen LogP contribution in [0, 0.1) is 18.3 Å². The molecule has 16 heavy (non-hydrogen) atoms. The molecule has 2 atom stereocenters. The molecule has 4 nitrogen and oxygen atoms in total. The lowest BCUT2D eigenvalue weighted by Gasteiger charge is -2.15. The third-order valence-electron chi connectivity index (χ3n) is 2.05. The molecule has 0 aromatic heterocycles. The molecule has 0 aliphatic heterocycles. The van der Waals surface area contributed by atoms with Gasteiger partial charge in [-0.1, -0.05) is 24.7 Å². The molecule has 0 spiro atoms. The smallest absolute Gasteiger partial charge is 0.322 e. The van der Waals surface area contributed by atoms with Crippen molar-refractivity contribution in [2.75, 3.05) is 0 Å². The first-order valence-corrected chi connectivity index (χ1v) is 4.67. The molecule has 0 saturated carbocycles. The molecule has 0 aromatic carbocycles. The molecule has 0 heterocycles. The van der Waals surface area contributed by atoms with E-state index in [9.17, 15) is 4.79 Å². The Morgan fingerprint density at radius 3 is 2.50 bits per heavy atom. The Hall–Kier alpha value is -1.99. The van der Waals surface area contributed by atoms with E-state index in [0.717, 1.165) is 0 Å². The highest BCUT2D eigenvalue weighted by molar-refractivity contribution is 5.75. The van der Waals surface area contributed by atoms with Gasteiger partial charge in [0.1, 0.15) is 6.04 Å². The molecule has 4 heteroatoms. The number of hydrogen-bond donors (Lipinski definition) is 3. The maximum atomic E-state index is 10.7. The zero-order valence-electron chi connectivity index (χ0n) is 9.18. The lowest BCUT2D eigenvalue weighted by molar-refractivity contribution is -0.139. The van der Waals surface area contributed by atoms with Crippen molar-refractivity contribution in [1.82, 2.24) is 0 Å².